The number of ether oxygens (including phenoxy) is 1. The van der Waals surface area contributed by atoms with Gasteiger partial charge >= 0.3 is 5.97 Å². The summed E-state index contributed by atoms with van der Waals surface area (Å²) in [6.07, 6.45) is 11.4. The topological polar surface area (TPSA) is 85.5 Å². The number of esters is 1. The predicted octanol–water partition coefficient (Wildman–Crippen LogP) is 3.00. The van der Waals surface area contributed by atoms with Crippen LogP contribution in [-0.4, -0.2) is 40.9 Å². The zero-order valence-electron chi connectivity index (χ0n) is 18.4. The van der Waals surface area contributed by atoms with E-state index in [1.807, 2.05) is 36.5 Å². The van der Waals surface area contributed by atoms with Crippen molar-refractivity contribution in [1.29, 1.82) is 0 Å². The summed E-state index contributed by atoms with van der Waals surface area (Å²) in [6.45, 7) is 3.54. The van der Waals surface area contributed by atoms with Crippen LogP contribution in [0, 0.1) is 17.3 Å². The van der Waals surface area contributed by atoms with Gasteiger partial charge in [0, 0.05) is 25.4 Å². The Bertz CT molecular complexity index is 1060. The molecule has 0 radical (unpaired) electrons. The van der Waals surface area contributed by atoms with E-state index < -0.39 is 5.41 Å². The maximum absolute atomic E-state index is 13.1. The molecule has 3 saturated heterocycles. The van der Waals surface area contributed by atoms with Gasteiger partial charge in [-0.3, -0.25) is 19.5 Å². The number of nitrogens with zero attached hydrogens (tertiary/aromatic N) is 2. The summed E-state index contributed by atoms with van der Waals surface area (Å²) >= 11 is 0. The Balaban J connectivity index is 1.52. The van der Waals surface area contributed by atoms with Gasteiger partial charge in [0.1, 0.15) is 5.75 Å². The van der Waals surface area contributed by atoms with Crippen LogP contribution in [0.3, 0.4) is 0 Å². The van der Waals surface area contributed by atoms with E-state index in [2.05, 4.69) is 16.0 Å². The number of rotatable bonds is 5. The first-order valence-electron chi connectivity index (χ1n) is 11.4. The van der Waals surface area contributed by atoms with E-state index in [1.54, 1.807) is 12.3 Å². The lowest BCUT2D eigenvalue weighted by molar-refractivity contribution is -0.137. The number of hydrogen-bond acceptors (Lipinski definition) is 5. The molecule has 32 heavy (non-hydrogen) atoms. The zero-order chi connectivity index (χ0) is 22.3. The van der Waals surface area contributed by atoms with E-state index in [1.165, 1.54) is 12.5 Å². The van der Waals surface area contributed by atoms with Crippen LogP contribution in [0.2, 0.25) is 0 Å². The van der Waals surface area contributed by atoms with Gasteiger partial charge in [0.25, 0.3) is 0 Å². The summed E-state index contributed by atoms with van der Waals surface area (Å²) in [7, 11) is 0. The minimum atomic E-state index is -0.730. The van der Waals surface area contributed by atoms with Gasteiger partial charge in [0.15, 0.2) is 0 Å². The highest BCUT2D eigenvalue weighted by molar-refractivity contribution is 5.87. The fourth-order valence-corrected chi connectivity index (χ4v) is 6.23. The van der Waals surface area contributed by atoms with E-state index >= 15 is 0 Å². The van der Waals surface area contributed by atoms with Gasteiger partial charge in [-0.25, -0.2) is 0 Å². The Hall–Kier alpha value is -2.99. The first kappa shape index (κ1) is 20.9. The quantitative estimate of drug-likeness (QED) is 0.581. The fraction of sp³-hybridized carbons (Fsp3) is 0.423. The van der Waals surface area contributed by atoms with Crippen molar-refractivity contribution in [2.45, 2.75) is 38.6 Å². The lowest BCUT2D eigenvalue weighted by atomic mass is 9.56. The summed E-state index contributed by atoms with van der Waals surface area (Å²) in [5.41, 5.74) is 8.69. The van der Waals surface area contributed by atoms with E-state index in [0.717, 1.165) is 43.5 Å². The summed E-state index contributed by atoms with van der Waals surface area (Å²) < 4.78 is 5.24. The van der Waals surface area contributed by atoms with Crippen LogP contribution < -0.4 is 10.5 Å². The second-order valence-corrected chi connectivity index (χ2v) is 9.40. The van der Waals surface area contributed by atoms with Crippen LogP contribution in [0.5, 0.6) is 5.75 Å². The van der Waals surface area contributed by atoms with E-state index in [-0.39, 0.29) is 23.8 Å². The molecule has 1 aromatic heterocycles. The third-order valence-electron chi connectivity index (χ3n) is 7.61. The van der Waals surface area contributed by atoms with Crippen LogP contribution in [0.25, 0.3) is 6.08 Å². The number of carbonyl (C=O) groups is 2. The molecule has 3 unspecified atom stereocenters. The Labute approximate surface area is 188 Å². The number of fused-ring (bicyclic) bond motifs is 4. The van der Waals surface area contributed by atoms with Crippen LogP contribution in [0.15, 0.2) is 48.8 Å². The van der Waals surface area contributed by atoms with Crippen molar-refractivity contribution in [3.63, 3.8) is 0 Å². The smallest absolute Gasteiger partial charge is 0.308 e. The van der Waals surface area contributed by atoms with Crippen LogP contribution in [0.1, 0.15) is 36.5 Å². The predicted molar refractivity (Wildman–Crippen MR) is 122 cm³/mol. The minimum Gasteiger partial charge on any atom is -0.427 e. The maximum atomic E-state index is 13.1. The Morgan fingerprint density at radius 3 is 2.75 bits per heavy atom. The largest absolute Gasteiger partial charge is 0.427 e. The lowest BCUT2D eigenvalue weighted by Gasteiger charge is -2.57. The van der Waals surface area contributed by atoms with Crippen molar-refractivity contribution in [1.82, 2.24) is 9.88 Å². The number of hydrogen-bond donors (Lipinski definition) is 1. The average molecular weight is 432 g/mol. The number of carbonyl (C=O) groups excluding carboxylic acids is 2. The number of amides is 1. The van der Waals surface area contributed by atoms with Crippen molar-refractivity contribution >= 4 is 18.0 Å². The van der Waals surface area contributed by atoms with Crippen LogP contribution in [-0.2, 0) is 22.4 Å². The monoisotopic (exact) mass is 431 g/mol. The SMILES string of the molecule is CC(=O)Oc1ccc2c(c1)C=CC(C(N)=O)(C1C3CCN(CC3)C1Cc1cccnc1)C2. The van der Waals surface area contributed by atoms with Gasteiger partial charge < -0.3 is 10.5 Å². The molecule has 2 aromatic rings. The number of aromatic nitrogens is 1. The van der Waals surface area contributed by atoms with Crippen molar-refractivity contribution in [2.75, 3.05) is 13.1 Å². The Morgan fingerprint density at radius 2 is 2.06 bits per heavy atom. The second-order valence-electron chi connectivity index (χ2n) is 9.40. The van der Waals surface area contributed by atoms with Crippen molar-refractivity contribution in [2.24, 2.45) is 23.0 Å². The first-order valence-corrected chi connectivity index (χ1v) is 11.4. The first-order chi connectivity index (χ1) is 15.5. The van der Waals surface area contributed by atoms with Gasteiger partial charge in [-0.1, -0.05) is 24.3 Å². The number of nitrogens with two attached hydrogens (primary N) is 1. The highest BCUT2D eigenvalue weighted by Crippen LogP contribution is 2.51. The standard InChI is InChI=1S/C26H29N3O3/c1-17(30)32-22-5-4-21-15-26(25(27)31,9-6-20(21)14-22)24-19-7-11-29(12-8-19)23(24)13-18-3-2-10-28-16-18/h2-6,9-10,14,16,19,23-24H,7-8,11-13,15H2,1H3,(H2,27,31). The lowest BCUT2D eigenvalue weighted by Crippen LogP contribution is -2.63. The van der Waals surface area contributed by atoms with E-state index in [0.29, 0.717) is 18.1 Å². The highest BCUT2D eigenvalue weighted by atomic mass is 16.5. The molecule has 4 heterocycles. The van der Waals surface area contributed by atoms with Gasteiger partial charge in [0.2, 0.25) is 5.91 Å². The van der Waals surface area contributed by atoms with Crippen LogP contribution in [0.4, 0.5) is 0 Å². The molecular weight excluding hydrogens is 402 g/mol. The highest BCUT2D eigenvalue weighted by Gasteiger charge is 2.55. The Kier molecular flexibility index (Phi) is 5.33. The molecule has 6 nitrogen and oxygen atoms in total. The minimum absolute atomic E-state index is 0.153. The molecule has 2 N–H and O–H groups in total. The molecule has 3 atom stereocenters. The number of benzene rings is 1. The molecule has 3 aliphatic heterocycles. The molecular formula is C26H29N3O3. The van der Waals surface area contributed by atoms with Gasteiger partial charge in [0.05, 0.1) is 5.41 Å². The molecule has 0 spiro atoms. The summed E-state index contributed by atoms with van der Waals surface area (Å²) in [6, 6.07) is 9.98. The summed E-state index contributed by atoms with van der Waals surface area (Å²) in [5.74, 6) is 0.547. The average Bonchev–Trinajstić information content (AvgIpc) is 2.79. The molecule has 1 aliphatic carbocycles. The van der Waals surface area contributed by atoms with Crippen molar-refractivity contribution in [3.8, 4) is 5.75 Å². The van der Waals surface area contributed by atoms with Gasteiger partial charge in [-0.15, -0.1) is 0 Å². The summed E-state index contributed by atoms with van der Waals surface area (Å²) in [4.78, 5) is 31.3. The molecule has 166 valence electrons. The van der Waals surface area contributed by atoms with E-state index in [9.17, 15) is 9.59 Å². The molecule has 1 amide bonds. The van der Waals surface area contributed by atoms with Crippen molar-refractivity contribution in [3.05, 3.63) is 65.5 Å². The Morgan fingerprint density at radius 1 is 1.25 bits per heavy atom. The number of primary amides is 1. The number of piperidine rings is 3. The normalized spacial score (nSPS) is 30.5. The van der Waals surface area contributed by atoms with Gasteiger partial charge in [-0.2, -0.15) is 0 Å². The number of pyridine rings is 1. The molecule has 1 aromatic carbocycles. The van der Waals surface area contributed by atoms with E-state index in [4.69, 9.17) is 10.5 Å². The third-order valence-corrected chi connectivity index (χ3v) is 7.61. The second kappa shape index (κ2) is 8.17. The maximum Gasteiger partial charge on any atom is 0.308 e. The molecule has 0 saturated carbocycles. The van der Waals surface area contributed by atoms with Gasteiger partial charge in [-0.05, 0) is 85.5 Å². The molecule has 4 aliphatic rings. The zero-order valence-corrected chi connectivity index (χ0v) is 18.4. The summed E-state index contributed by atoms with van der Waals surface area (Å²) in [5, 5.41) is 0. The van der Waals surface area contributed by atoms with Crippen LogP contribution >= 0.6 is 0 Å². The molecule has 3 fully saturated rings. The molecule has 2 bridgehead atoms. The molecule has 6 heteroatoms. The third kappa shape index (κ3) is 3.62. The fourth-order valence-electron chi connectivity index (χ4n) is 6.23. The molecule has 6 rings (SSSR count). The van der Waals surface area contributed by atoms with Crippen molar-refractivity contribution < 1.29 is 14.3 Å².